The first-order valence-corrected chi connectivity index (χ1v) is 4.26. The Morgan fingerprint density at radius 3 is 3.08 bits per heavy atom. The standard InChI is InChI=1S/C9H11N3O/c1-6-10-5-7-8(13)3-4-12(2)9(7)11-6/h5H,3-4H2,1-2H3. The number of aromatic nitrogens is 2. The predicted octanol–water partition coefficient (Wildman–Crippen LogP) is 0.808. The van der Waals surface area contributed by atoms with E-state index in [9.17, 15) is 4.79 Å². The predicted molar refractivity (Wildman–Crippen MR) is 49.0 cm³/mol. The highest BCUT2D eigenvalue weighted by atomic mass is 16.1. The van der Waals surface area contributed by atoms with Gasteiger partial charge in [0.2, 0.25) is 0 Å². The summed E-state index contributed by atoms with van der Waals surface area (Å²) in [7, 11) is 1.94. The Morgan fingerprint density at radius 1 is 1.54 bits per heavy atom. The summed E-state index contributed by atoms with van der Waals surface area (Å²) in [6.45, 7) is 2.58. The number of hydrogen-bond donors (Lipinski definition) is 0. The second kappa shape index (κ2) is 2.80. The van der Waals surface area contributed by atoms with Crippen LogP contribution in [0.1, 0.15) is 22.6 Å². The molecule has 0 radical (unpaired) electrons. The molecule has 68 valence electrons. The monoisotopic (exact) mass is 177 g/mol. The SMILES string of the molecule is Cc1ncc2c(n1)N(C)CCC2=O. The Bertz CT molecular complexity index is 362. The molecule has 0 aromatic carbocycles. The minimum Gasteiger partial charge on any atom is -0.359 e. The molecule has 0 N–H and O–H groups in total. The van der Waals surface area contributed by atoms with Crippen LogP contribution in [0.4, 0.5) is 5.82 Å². The van der Waals surface area contributed by atoms with Crippen molar-refractivity contribution in [1.29, 1.82) is 0 Å². The van der Waals surface area contributed by atoms with Crippen LogP contribution in [0.2, 0.25) is 0 Å². The van der Waals surface area contributed by atoms with Crippen LogP contribution in [0.3, 0.4) is 0 Å². The molecule has 0 saturated carbocycles. The summed E-state index contributed by atoms with van der Waals surface area (Å²) in [6.07, 6.45) is 2.19. The topological polar surface area (TPSA) is 46.1 Å². The zero-order valence-electron chi connectivity index (χ0n) is 7.74. The number of anilines is 1. The van der Waals surface area contributed by atoms with Gasteiger partial charge in [-0.25, -0.2) is 9.97 Å². The Hall–Kier alpha value is -1.45. The Labute approximate surface area is 76.6 Å². The van der Waals surface area contributed by atoms with Gasteiger partial charge in [-0.05, 0) is 6.92 Å². The van der Waals surface area contributed by atoms with Crippen LogP contribution < -0.4 is 4.90 Å². The zero-order valence-corrected chi connectivity index (χ0v) is 7.74. The van der Waals surface area contributed by atoms with E-state index in [0.717, 1.165) is 12.4 Å². The molecule has 0 bridgehead atoms. The molecule has 1 aromatic rings. The van der Waals surface area contributed by atoms with Gasteiger partial charge in [0.05, 0.1) is 5.56 Å². The van der Waals surface area contributed by atoms with Gasteiger partial charge in [-0.2, -0.15) is 0 Å². The van der Waals surface area contributed by atoms with Gasteiger partial charge in [0.25, 0.3) is 0 Å². The molecule has 4 heteroatoms. The number of Topliss-reactive ketones (excluding diaryl/α,β-unsaturated/α-hetero) is 1. The fourth-order valence-electron chi connectivity index (χ4n) is 1.46. The van der Waals surface area contributed by atoms with E-state index in [-0.39, 0.29) is 5.78 Å². The molecule has 0 spiro atoms. The van der Waals surface area contributed by atoms with E-state index in [2.05, 4.69) is 9.97 Å². The van der Waals surface area contributed by atoms with Gasteiger partial charge in [0.15, 0.2) is 5.78 Å². The van der Waals surface area contributed by atoms with Crippen LogP contribution in [0.5, 0.6) is 0 Å². The first-order valence-electron chi connectivity index (χ1n) is 4.26. The van der Waals surface area contributed by atoms with Gasteiger partial charge in [-0.1, -0.05) is 0 Å². The van der Waals surface area contributed by atoms with Crippen molar-refractivity contribution in [3.05, 3.63) is 17.6 Å². The number of aryl methyl sites for hydroxylation is 1. The Balaban J connectivity index is 2.57. The third-order valence-electron chi connectivity index (χ3n) is 2.23. The summed E-state index contributed by atoms with van der Waals surface area (Å²) in [6, 6.07) is 0. The van der Waals surface area contributed by atoms with Crippen LogP contribution >= 0.6 is 0 Å². The summed E-state index contributed by atoms with van der Waals surface area (Å²) < 4.78 is 0. The van der Waals surface area contributed by atoms with Gasteiger partial charge in [0, 0.05) is 26.2 Å². The molecule has 13 heavy (non-hydrogen) atoms. The van der Waals surface area contributed by atoms with Gasteiger partial charge in [-0.15, -0.1) is 0 Å². The fourth-order valence-corrected chi connectivity index (χ4v) is 1.46. The van der Waals surface area contributed by atoms with Crippen molar-refractivity contribution >= 4 is 11.6 Å². The van der Waals surface area contributed by atoms with Crippen molar-refractivity contribution in [2.24, 2.45) is 0 Å². The summed E-state index contributed by atoms with van der Waals surface area (Å²) in [4.78, 5) is 21.7. The maximum absolute atomic E-state index is 11.4. The molecule has 2 rings (SSSR count). The molecule has 0 fully saturated rings. The van der Waals surface area contributed by atoms with Crippen molar-refractivity contribution < 1.29 is 4.79 Å². The van der Waals surface area contributed by atoms with Gasteiger partial charge in [0.1, 0.15) is 11.6 Å². The van der Waals surface area contributed by atoms with Crippen LogP contribution in [0, 0.1) is 6.92 Å². The highest BCUT2D eigenvalue weighted by molar-refractivity contribution is 6.02. The lowest BCUT2D eigenvalue weighted by Crippen LogP contribution is -2.29. The molecule has 2 heterocycles. The van der Waals surface area contributed by atoms with Gasteiger partial charge >= 0.3 is 0 Å². The van der Waals surface area contributed by atoms with Crippen LogP contribution in [-0.2, 0) is 0 Å². The van der Waals surface area contributed by atoms with E-state index >= 15 is 0 Å². The second-order valence-electron chi connectivity index (χ2n) is 3.25. The van der Waals surface area contributed by atoms with Crippen molar-refractivity contribution in [3.8, 4) is 0 Å². The molecule has 0 unspecified atom stereocenters. The molecule has 1 aromatic heterocycles. The molecular formula is C9H11N3O. The van der Waals surface area contributed by atoms with E-state index in [0.29, 0.717) is 17.8 Å². The number of carbonyl (C=O) groups is 1. The lowest BCUT2D eigenvalue weighted by atomic mass is 10.1. The first-order chi connectivity index (χ1) is 6.18. The van der Waals surface area contributed by atoms with E-state index < -0.39 is 0 Å². The molecule has 0 saturated heterocycles. The Morgan fingerprint density at radius 2 is 2.31 bits per heavy atom. The largest absolute Gasteiger partial charge is 0.359 e. The number of rotatable bonds is 0. The lowest BCUT2D eigenvalue weighted by molar-refractivity contribution is 0.0979. The normalized spacial score (nSPS) is 15.8. The van der Waals surface area contributed by atoms with Crippen molar-refractivity contribution in [3.63, 3.8) is 0 Å². The smallest absolute Gasteiger partial charge is 0.169 e. The van der Waals surface area contributed by atoms with Gasteiger partial charge < -0.3 is 4.90 Å². The molecular weight excluding hydrogens is 166 g/mol. The fraction of sp³-hybridized carbons (Fsp3) is 0.444. The van der Waals surface area contributed by atoms with Crippen LogP contribution in [0.25, 0.3) is 0 Å². The minimum atomic E-state index is 0.146. The summed E-state index contributed by atoms with van der Waals surface area (Å²) in [5, 5.41) is 0. The van der Waals surface area contributed by atoms with E-state index in [4.69, 9.17) is 0 Å². The maximum atomic E-state index is 11.4. The van der Waals surface area contributed by atoms with Crippen LogP contribution in [0.15, 0.2) is 6.20 Å². The molecule has 0 atom stereocenters. The number of ketones is 1. The van der Waals surface area contributed by atoms with Crippen LogP contribution in [-0.4, -0.2) is 29.3 Å². The van der Waals surface area contributed by atoms with E-state index in [1.54, 1.807) is 6.20 Å². The second-order valence-corrected chi connectivity index (χ2v) is 3.25. The summed E-state index contributed by atoms with van der Waals surface area (Å²) in [5.41, 5.74) is 0.652. The molecule has 1 aliphatic heterocycles. The third-order valence-corrected chi connectivity index (χ3v) is 2.23. The zero-order chi connectivity index (χ0) is 9.42. The average molecular weight is 177 g/mol. The molecule has 1 aliphatic rings. The minimum absolute atomic E-state index is 0.146. The molecule has 0 amide bonds. The molecule has 0 aliphatic carbocycles. The third kappa shape index (κ3) is 1.28. The first kappa shape index (κ1) is 8.16. The average Bonchev–Trinajstić information content (AvgIpc) is 2.12. The van der Waals surface area contributed by atoms with Gasteiger partial charge in [-0.3, -0.25) is 4.79 Å². The van der Waals surface area contributed by atoms with E-state index in [1.807, 2.05) is 18.9 Å². The number of hydrogen-bond acceptors (Lipinski definition) is 4. The van der Waals surface area contributed by atoms with E-state index in [1.165, 1.54) is 0 Å². The summed E-state index contributed by atoms with van der Waals surface area (Å²) in [5.74, 6) is 1.62. The number of fused-ring (bicyclic) bond motifs is 1. The van der Waals surface area contributed by atoms with Crippen molar-refractivity contribution in [2.45, 2.75) is 13.3 Å². The maximum Gasteiger partial charge on any atom is 0.169 e. The quantitative estimate of drug-likeness (QED) is 0.588. The molecule has 4 nitrogen and oxygen atoms in total. The number of carbonyl (C=O) groups excluding carboxylic acids is 1. The van der Waals surface area contributed by atoms with Crippen molar-refractivity contribution in [2.75, 3.05) is 18.5 Å². The lowest BCUT2D eigenvalue weighted by Gasteiger charge is -2.24. The summed E-state index contributed by atoms with van der Waals surface area (Å²) >= 11 is 0. The highest BCUT2D eigenvalue weighted by Crippen LogP contribution is 2.22. The number of nitrogens with zero attached hydrogens (tertiary/aromatic N) is 3. The van der Waals surface area contributed by atoms with Crippen molar-refractivity contribution in [1.82, 2.24) is 9.97 Å². The Kier molecular flexibility index (Phi) is 1.76. The highest BCUT2D eigenvalue weighted by Gasteiger charge is 2.22.